The Hall–Kier alpha value is -2.00. The highest BCUT2D eigenvalue weighted by molar-refractivity contribution is 5.87. The smallest absolute Gasteiger partial charge is 0.422 e. The molecule has 10 heteroatoms. The predicted molar refractivity (Wildman–Crippen MR) is 64.4 cm³/mol. The minimum Gasteiger partial charge on any atom is -0.479 e. The molecule has 0 radical (unpaired) electrons. The van der Waals surface area contributed by atoms with Crippen LogP contribution in [0.5, 0.6) is 0 Å². The minimum absolute atomic E-state index is 0.0268. The van der Waals surface area contributed by atoms with Crippen LogP contribution in [0.2, 0.25) is 0 Å². The first kappa shape index (κ1) is 17.1. The summed E-state index contributed by atoms with van der Waals surface area (Å²) in [5, 5.41) is 12.8. The fraction of sp³-hybridized carbons (Fsp3) is 0.727. The molecule has 7 nitrogen and oxygen atoms in total. The van der Waals surface area contributed by atoms with Crippen molar-refractivity contribution in [2.24, 2.45) is 0 Å². The summed E-state index contributed by atoms with van der Waals surface area (Å²) in [6.45, 7) is 1.83. The summed E-state index contributed by atoms with van der Waals surface area (Å²) in [6.07, 6.45) is -4.74. The van der Waals surface area contributed by atoms with Crippen molar-refractivity contribution in [2.45, 2.75) is 38.0 Å². The third-order valence-corrected chi connectivity index (χ3v) is 3.23. The van der Waals surface area contributed by atoms with Crippen molar-refractivity contribution >= 4 is 17.9 Å². The number of nitrogens with zero attached hydrogens (tertiary/aromatic N) is 1. The maximum Gasteiger partial charge on any atom is 0.422 e. The molecule has 1 aliphatic heterocycles. The lowest BCUT2D eigenvalue weighted by Crippen LogP contribution is -2.64. The molecule has 0 aromatic rings. The molecule has 0 aliphatic carbocycles. The number of amides is 3. The van der Waals surface area contributed by atoms with E-state index in [0.717, 1.165) is 4.90 Å². The van der Waals surface area contributed by atoms with Crippen molar-refractivity contribution in [3.63, 3.8) is 0 Å². The highest BCUT2D eigenvalue weighted by atomic mass is 19.4. The first-order valence-corrected chi connectivity index (χ1v) is 6.11. The zero-order chi connectivity index (χ0) is 16.4. The molecule has 1 rings (SSSR count). The van der Waals surface area contributed by atoms with Gasteiger partial charge in [0, 0.05) is 26.1 Å². The van der Waals surface area contributed by atoms with Crippen molar-refractivity contribution in [1.82, 2.24) is 15.5 Å². The van der Waals surface area contributed by atoms with Crippen LogP contribution in [0.15, 0.2) is 0 Å². The Morgan fingerprint density at radius 2 is 1.86 bits per heavy atom. The molecule has 0 aromatic carbocycles. The number of alkyl halides is 3. The lowest BCUT2D eigenvalue weighted by atomic mass is 10.0. The summed E-state index contributed by atoms with van der Waals surface area (Å²) in [6, 6.07) is -1.49. The molecule has 3 N–H and O–H groups in total. The molecule has 1 saturated heterocycles. The first-order valence-electron chi connectivity index (χ1n) is 6.11. The molecular formula is C11H16F3N3O4. The third kappa shape index (κ3) is 3.76. The average molecular weight is 311 g/mol. The number of aliphatic carboxylic acids is 1. The number of rotatable bonds is 3. The monoisotopic (exact) mass is 311 g/mol. The van der Waals surface area contributed by atoms with Crippen molar-refractivity contribution in [1.29, 1.82) is 0 Å². The summed E-state index contributed by atoms with van der Waals surface area (Å²) in [5.74, 6) is -2.51. The van der Waals surface area contributed by atoms with Gasteiger partial charge in [0.25, 0.3) is 0 Å². The molecule has 1 aliphatic rings. The fourth-order valence-electron chi connectivity index (χ4n) is 1.89. The molecule has 3 amide bonds. The van der Waals surface area contributed by atoms with Gasteiger partial charge in [-0.15, -0.1) is 0 Å². The molecule has 120 valence electrons. The highest BCUT2D eigenvalue weighted by Crippen LogP contribution is 2.30. The Balaban J connectivity index is 2.73. The van der Waals surface area contributed by atoms with E-state index in [1.165, 1.54) is 12.2 Å². The quantitative estimate of drug-likeness (QED) is 0.698. The number of urea groups is 1. The van der Waals surface area contributed by atoms with Gasteiger partial charge in [-0.05, 0) is 13.3 Å². The van der Waals surface area contributed by atoms with Crippen molar-refractivity contribution in [3.05, 3.63) is 0 Å². The third-order valence-electron chi connectivity index (χ3n) is 3.23. The van der Waals surface area contributed by atoms with Crippen molar-refractivity contribution in [3.8, 4) is 0 Å². The summed E-state index contributed by atoms with van der Waals surface area (Å²) in [7, 11) is 0. The van der Waals surface area contributed by atoms with Crippen molar-refractivity contribution in [2.75, 3.05) is 13.1 Å². The number of likely N-dealkylation sites (tertiary alicyclic amines) is 1. The summed E-state index contributed by atoms with van der Waals surface area (Å²) >= 11 is 0. The summed E-state index contributed by atoms with van der Waals surface area (Å²) in [5.41, 5.74) is -3.36. The van der Waals surface area contributed by atoms with Gasteiger partial charge in [-0.3, -0.25) is 4.79 Å². The van der Waals surface area contributed by atoms with Gasteiger partial charge in [-0.1, -0.05) is 0 Å². The van der Waals surface area contributed by atoms with E-state index in [9.17, 15) is 27.6 Å². The number of halogens is 3. The van der Waals surface area contributed by atoms with Gasteiger partial charge in [0.05, 0.1) is 0 Å². The largest absolute Gasteiger partial charge is 0.479 e. The van der Waals surface area contributed by atoms with Crippen molar-refractivity contribution < 1.29 is 32.7 Å². The molecule has 0 bridgehead atoms. The van der Waals surface area contributed by atoms with E-state index in [1.54, 1.807) is 0 Å². The van der Waals surface area contributed by atoms with Gasteiger partial charge in [0.1, 0.15) is 0 Å². The number of hydrogen-bond donors (Lipinski definition) is 3. The van der Waals surface area contributed by atoms with Crippen LogP contribution in [-0.4, -0.2) is 58.8 Å². The van der Waals surface area contributed by atoms with E-state index < -0.39 is 23.7 Å². The Morgan fingerprint density at radius 3 is 2.29 bits per heavy atom. The topological polar surface area (TPSA) is 98.7 Å². The maximum atomic E-state index is 12.8. The Morgan fingerprint density at radius 1 is 1.29 bits per heavy atom. The van der Waals surface area contributed by atoms with Gasteiger partial charge in [-0.25, -0.2) is 9.59 Å². The molecule has 0 saturated carbocycles. The Bertz CT molecular complexity index is 454. The van der Waals surface area contributed by atoms with Crippen LogP contribution in [0.25, 0.3) is 0 Å². The van der Waals surface area contributed by atoms with E-state index in [1.807, 2.05) is 0 Å². The Labute approximate surface area is 118 Å². The molecule has 2 unspecified atom stereocenters. The van der Waals surface area contributed by atoms with Gasteiger partial charge in [-0.2, -0.15) is 13.2 Å². The van der Waals surface area contributed by atoms with Gasteiger partial charge in [0.15, 0.2) is 0 Å². The molecule has 1 fully saturated rings. The fourth-order valence-corrected chi connectivity index (χ4v) is 1.89. The van der Waals surface area contributed by atoms with E-state index in [0.29, 0.717) is 13.3 Å². The molecule has 21 heavy (non-hydrogen) atoms. The lowest BCUT2D eigenvalue weighted by molar-refractivity contribution is -0.203. The van der Waals surface area contributed by atoms with Crippen LogP contribution in [-0.2, 0) is 9.59 Å². The molecule has 2 atom stereocenters. The van der Waals surface area contributed by atoms with Crippen LogP contribution in [0.1, 0.15) is 20.3 Å². The van der Waals surface area contributed by atoms with Crippen LogP contribution in [0, 0.1) is 0 Å². The number of carboxylic acid groups (broad SMARTS) is 1. The van der Waals surface area contributed by atoms with Gasteiger partial charge >= 0.3 is 18.2 Å². The van der Waals surface area contributed by atoms with E-state index in [4.69, 9.17) is 5.11 Å². The highest BCUT2D eigenvalue weighted by Gasteiger charge is 2.59. The maximum absolute atomic E-state index is 12.8. The second kappa shape index (κ2) is 5.78. The number of hydrogen-bond acceptors (Lipinski definition) is 3. The normalized spacial score (nSPS) is 21.6. The molecule has 1 heterocycles. The van der Waals surface area contributed by atoms with Gasteiger partial charge in [0.2, 0.25) is 11.4 Å². The average Bonchev–Trinajstić information content (AvgIpc) is 2.74. The van der Waals surface area contributed by atoms with E-state index in [2.05, 4.69) is 5.32 Å². The number of carbonyl (C=O) groups excluding carboxylic acids is 2. The SMILES string of the molecule is CC(=O)NC1CCN(C(=O)NC(C)(C(=O)O)C(F)(F)F)C1. The van der Waals surface area contributed by atoms with Crippen LogP contribution >= 0.6 is 0 Å². The van der Waals surface area contributed by atoms with Crippen LogP contribution in [0.4, 0.5) is 18.0 Å². The molecule has 0 spiro atoms. The first-order chi connectivity index (χ1) is 9.47. The number of carbonyl (C=O) groups is 3. The van der Waals surface area contributed by atoms with Crippen LogP contribution in [0.3, 0.4) is 0 Å². The zero-order valence-electron chi connectivity index (χ0n) is 11.5. The van der Waals surface area contributed by atoms with Gasteiger partial charge < -0.3 is 20.6 Å². The Kier molecular flexibility index (Phi) is 4.69. The number of nitrogens with one attached hydrogen (secondary N) is 2. The second-order valence-electron chi connectivity index (χ2n) is 4.99. The molecule has 0 aromatic heterocycles. The lowest BCUT2D eigenvalue weighted by Gasteiger charge is -2.30. The standard InChI is InChI=1S/C11H16F3N3O4/c1-6(18)15-7-3-4-17(5-7)9(21)16-10(2,8(19)20)11(12,13)14/h7H,3-5H2,1-2H3,(H,15,18)(H,16,21)(H,19,20). The molecular weight excluding hydrogens is 295 g/mol. The minimum atomic E-state index is -5.13. The summed E-state index contributed by atoms with van der Waals surface area (Å²) in [4.78, 5) is 34.5. The summed E-state index contributed by atoms with van der Waals surface area (Å²) < 4.78 is 38.3. The van der Waals surface area contributed by atoms with Crippen LogP contribution < -0.4 is 10.6 Å². The predicted octanol–water partition coefficient (Wildman–Crippen LogP) is 0.312. The van der Waals surface area contributed by atoms with E-state index >= 15 is 0 Å². The zero-order valence-corrected chi connectivity index (χ0v) is 11.5. The van der Waals surface area contributed by atoms with E-state index in [-0.39, 0.29) is 25.0 Å². The number of carboxylic acids is 1. The second-order valence-corrected chi connectivity index (χ2v) is 4.99.